The summed E-state index contributed by atoms with van der Waals surface area (Å²) < 4.78 is 5.03. The van der Waals surface area contributed by atoms with Gasteiger partial charge < -0.3 is 4.74 Å². The maximum absolute atomic E-state index is 12.4. The molecular weight excluding hydrogens is 360 g/mol. The van der Waals surface area contributed by atoms with Gasteiger partial charge in [-0.05, 0) is 31.9 Å². The summed E-state index contributed by atoms with van der Waals surface area (Å²) in [6.07, 6.45) is 1.42. The largest absolute Gasteiger partial charge is 0.452 e. The third-order valence-corrected chi connectivity index (χ3v) is 5.34. The Labute approximate surface area is 171 Å². The van der Waals surface area contributed by atoms with Crippen LogP contribution in [0.5, 0.6) is 0 Å². The summed E-state index contributed by atoms with van der Waals surface area (Å²) in [5.41, 5.74) is 5.90. The van der Waals surface area contributed by atoms with Crippen LogP contribution in [0, 0.1) is 0 Å². The van der Waals surface area contributed by atoms with Crippen molar-refractivity contribution in [3.8, 4) is 0 Å². The highest BCUT2D eigenvalue weighted by molar-refractivity contribution is 6.14. The first kappa shape index (κ1) is 18.9. The second kappa shape index (κ2) is 8.31. The van der Waals surface area contributed by atoms with Crippen molar-refractivity contribution in [2.45, 2.75) is 25.8 Å². The van der Waals surface area contributed by atoms with Crippen molar-refractivity contribution in [2.75, 3.05) is 12.0 Å². The fourth-order valence-corrected chi connectivity index (χ4v) is 3.85. The topological polar surface area (TPSA) is 41.9 Å². The molecule has 4 heteroatoms. The third kappa shape index (κ3) is 3.79. The van der Waals surface area contributed by atoms with Gasteiger partial charge in [0.1, 0.15) is 0 Å². The van der Waals surface area contributed by atoms with E-state index >= 15 is 0 Å². The van der Waals surface area contributed by atoms with Crippen LogP contribution in [0.25, 0.3) is 0 Å². The number of anilines is 1. The molecule has 1 aliphatic heterocycles. The normalized spacial score (nSPS) is 15.4. The zero-order valence-electron chi connectivity index (χ0n) is 16.7. The van der Waals surface area contributed by atoms with Crippen molar-refractivity contribution in [3.63, 3.8) is 0 Å². The van der Waals surface area contributed by atoms with E-state index in [0.717, 1.165) is 46.6 Å². The Bertz CT molecular complexity index is 988. The van der Waals surface area contributed by atoms with Crippen molar-refractivity contribution in [1.29, 1.82) is 0 Å². The van der Waals surface area contributed by atoms with Gasteiger partial charge in [-0.2, -0.15) is 0 Å². The number of ether oxygens (including phenoxy) is 1. The van der Waals surface area contributed by atoms with Crippen LogP contribution in [0.15, 0.2) is 83.9 Å². The molecule has 0 radical (unpaired) electrons. The summed E-state index contributed by atoms with van der Waals surface area (Å²) in [6, 6.07) is 26.5. The maximum Gasteiger partial charge on any atom is 0.414 e. The van der Waals surface area contributed by atoms with Crippen LogP contribution in [-0.4, -0.2) is 25.0 Å². The Morgan fingerprint density at radius 2 is 1.55 bits per heavy atom. The number of amides is 1. The van der Waals surface area contributed by atoms with Crippen LogP contribution >= 0.6 is 0 Å². The van der Waals surface area contributed by atoms with Gasteiger partial charge in [-0.15, -0.1) is 0 Å². The first-order chi connectivity index (χ1) is 14.2. The van der Waals surface area contributed by atoms with Crippen LogP contribution in [-0.2, 0) is 11.2 Å². The van der Waals surface area contributed by atoms with Crippen LogP contribution in [0.1, 0.15) is 30.0 Å². The zero-order chi connectivity index (χ0) is 20.2. The van der Waals surface area contributed by atoms with Gasteiger partial charge in [0, 0.05) is 22.7 Å². The van der Waals surface area contributed by atoms with Crippen LogP contribution in [0.3, 0.4) is 0 Å². The van der Waals surface area contributed by atoms with Gasteiger partial charge in [-0.3, -0.25) is 4.90 Å². The van der Waals surface area contributed by atoms with Gasteiger partial charge in [0.15, 0.2) is 0 Å². The number of carbonyl (C=O) groups excluding carboxylic acids is 1. The van der Waals surface area contributed by atoms with E-state index in [9.17, 15) is 4.79 Å². The quantitative estimate of drug-likeness (QED) is 0.539. The summed E-state index contributed by atoms with van der Waals surface area (Å²) in [6.45, 7) is 2.05. The standard InChI is InChI=1S/C25H24N2O2/c1-18-16-17-21-22(14-9-15-23(21)27(18)25(28)29-2)26-24(19-10-5-3-6-11-19)20-12-7-4-8-13-20/h3-15,18H,16-17H2,1-2H3. The molecule has 0 aromatic heterocycles. The molecule has 0 fully saturated rings. The molecule has 4 nitrogen and oxygen atoms in total. The smallest absolute Gasteiger partial charge is 0.414 e. The average Bonchev–Trinajstić information content (AvgIpc) is 2.78. The van der Waals surface area contributed by atoms with Gasteiger partial charge in [-0.25, -0.2) is 9.79 Å². The number of fused-ring (bicyclic) bond motifs is 1. The summed E-state index contributed by atoms with van der Waals surface area (Å²) in [4.78, 5) is 19.2. The highest BCUT2D eigenvalue weighted by Crippen LogP contribution is 2.37. The van der Waals surface area contributed by atoms with Gasteiger partial charge in [-0.1, -0.05) is 66.7 Å². The predicted molar refractivity (Wildman–Crippen MR) is 117 cm³/mol. The molecule has 0 saturated carbocycles. The Hall–Kier alpha value is -3.40. The molecule has 3 aromatic carbocycles. The van der Waals surface area contributed by atoms with Gasteiger partial charge in [0.25, 0.3) is 0 Å². The lowest BCUT2D eigenvalue weighted by Gasteiger charge is -2.34. The summed E-state index contributed by atoms with van der Waals surface area (Å²) in [5.74, 6) is 0. The zero-order valence-corrected chi connectivity index (χ0v) is 16.7. The number of benzene rings is 3. The first-order valence-electron chi connectivity index (χ1n) is 9.87. The molecule has 146 valence electrons. The predicted octanol–water partition coefficient (Wildman–Crippen LogP) is 5.76. The molecule has 1 atom stereocenters. The van der Waals surface area contributed by atoms with Gasteiger partial charge >= 0.3 is 6.09 Å². The molecule has 0 N–H and O–H groups in total. The second-order valence-corrected chi connectivity index (χ2v) is 7.20. The number of hydrogen-bond acceptors (Lipinski definition) is 3. The van der Waals surface area contributed by atoms with Crippen molar-refractivity contribution in [2.24, 2.45) is 4.99 Å². The third-order valence-electron chi connectivity index (χ3n) is 5.34. The highest BCUT2D eigenvalue weighted by atomic mass is 16.5. The molecule has 1 aliphatic rings. The van der Waals surface area contributed by atoms with E-state index in [1.165, 1.54) is 7.11 Å². The lowest BCUT2D eigenvalue weighted by Crippen LogP contribution is -2.42. The number of hydrogen-bond donors (Lipinski definition) is 0. The van der Waals surface area contributed by atoms with Crippen LogP contribution in [0.2, 0.25) is 0 Å². The molecule has 0 bridgehead atoms. The SMILES string of the molecule is COC(=O)N1c2cccc(N=C(c3ccccc3)c3ccccc3)c2CCC1C. The minimum Gasteiger partial charge on any atom is -0.452 e. The molecule has 0 aliphatic carbocycles. The van der Waals surface area contributed by atoms with E-state index in [1.807, 2.05) is 54.6 Å². The Morgan fingerprint density at radius 3 is 2.14 bits per heavy atom. The number of methoxy groups -OCH3 is 1. The Morgan fingerprint density at radius 1 is 0.931 bits per heavy atom. The van der Waals surface area contributed by atoms with Gasteiger partial charge in [0.2, 0.25) is 0 Å². The van der Waals surface area contributed by atoms with Crippen molar-refractivity contribution < 1.29 is 9.53 Å². The van der Waals surface area contributed by atoms with Crippen molar-refractivity contribution in [1.82, 2.24) is 0 Å². The highest BCUT2D eigenvalue weighted by Gasteiger charge is 2.30. The Kier molecular flexibility index (Phi) is 5.43. The molecular formula is C25H24N2O2. The van der Waals surface area contributed by atoms with Crippen molar-refractivity contribution in [3.05, 3.63) is 95.6 Å². The maximum atomic E-state index is 12.4. The number of carbonyl (C=O) groups is 1. The lowest BCUT2D eigenvalue weighted by molar-refractivity contribution is 0.175. The van der Waals surface area contributed by atoms with E-state index < -0.39 is 0 Å². The van der Waals surface area contributed by atoms with E-state index in [0.29, 0.717) is 0 Å². The minimum absolute atomic E-state index is 0.0943. The average molecular weight is 384 g/mol. The fourth-order valence-electron chi connectivity index (χ4n) is 3.85. The first-order valence-corrected chi connectivity index (χ1v) is 9.87. The lowest BCUT2D eigenvalue weighted by atomic mass is 9.95. The van der Waals surface area contributed by atoms with E-state index in [2.05, 4.69) is 31.2 Å². The number of nitrogens with zero attached hydrogens (tertiary/aromatic N) is 2. The molecule has 1 unspecified atom stereocenters. The number of rotatable bonds is 3. The molecule has 0 saturated heterocycles. The van der Waals surface area contributed by atoms with Crippen LogP contribution in [0.4, 0.5) is 16.2 Å². The molecule has 4 rings (SSSR count). The van der Waals surface area contributed by atoms with Gasteiger partial charge in [0.05, 0.1) is 24.2 Å². The summed E-state index contributed by atoms with van der Waals surface area (Å²) in [5, 5.41) is 0. The van der Waals surface area contributed by atoms with Crippen molar-refractivity contribution >= 4 is 23.2 Å². The second-order valence-electron chi connectivity index (χ2n) is 7.20. The fraction of sp³-hybridized carbons (Fsp3) is 0.200. The van der Waals surface area contributed by atoms with E-state index in [-0.39, 0.29) is 12.1 Å². The van der Waals surface area contributed by atoms with Crippen LogP contribution < -0.4 is 4.90 Å². The monoisotopic (exact) mass is 384 g/mol. The molecule has 0 spiro atoms. The van der Waals surface area contributed by atoms with E-state index in [4.69, 9.17) is 9.73 Å². The number of aliphatic imine (C=N–C) groups is 1. The summed E-state index contributed by atoms with van der Waals surface area (Å²) >= 11 is 0. The van der Waals surface area contributed by atoms with E-state index in [1.54, 1.807) is 4.90 Å². The molecule has 3 aromatic rings. The Balaban J connectivity index is 1.86. The summed E-state index contributed by atoms with van der Waals surface area (Å²) in [7, 11) is 1.42. The molecule has 1 amide bonds. The minimum atomic E-state index is -0.328. The molecule has 29 heavy (non-hydrogen) atoms. The molecule has 1 heterocycles.